The first-order chi connectivity index (χ1) is 17.0. The van der Waals surface area contributed by atoms with Crippen molar-refractivity contribution in [2.24, 2.45) is 5.10 Å². The van der Waals surface area contributed by atoms with E-state index in [1.165, 1.54) is 6.21 Å². The first-order valence-corrected chi connectivity index (χ1v) is 11.1. The monoisotopic (exact) mass is 467 g/mol. The van der Waals surface area contributed by atoms with E-state index in [0.29, 0.717) is 5.75 Å². The summed E-state index contributed by atoms with van der Waals surface area (Å²) >= 11 is 0. The van der Waals surface area contributed by atoms with E-state index in [9.17, 15) is 14.7 Å². The number of nitrogens with one attached hydrogen (secondary N) is 2. The molecule has 0 heterocycles. The number of carbonyl (C=O) groups excluding carboxylic acids is 2. The molecule has 0 saturated heterocycles. The van der Waals surface area contributed by atoms with Gasteiger partial charge in [0.1, 0.15) is 11.5 Å². The average molecular weight is 468 g/mol. The predicted octanol–water partition coefficient (Wildman–Crippen LogP) is 4.57. The molecule has 2 amide bonds. The maximum Gasteiger partial charge on any atom is 0.275 e. The lowest BCUT2D eigenvalue weighted by Gasteiger charge is -2.14. The van der Waals surface area contributed by atoms with Crippen LogP contribution >= 0.6 is 0 Å². The first-order valence-electron chi connectivity index (χ1n) is 11.1. The van der Waals surface area contributed by atoms with Gasteiger partial charge in [0.25, 0.3) is 11.8 Å². The Balaban J connectivity index is 1.27. The molecule has 0 aliphatic carbocycles. The molecule has 0 aliphatic heterocycles. The standard InChI is InChI=1S/C28H25N3O4/c1-19(21-7-3-2-4-8-21)30-27(33)18-35-24-13-11-20(12-14-24)17-29-31-28(34)25-15-22-9-5-6-10-23(22)16-26(25)32/h2-17,19,32H,18H2,1H3,(H,30,33)(H,31,34)/b29-17-/t19-/m1/s1. The van der Waals surface area contributed by atoms with Gasteiger partial charge in [0.2, 0.25) is 0 Å². The molecule has 0 fully saturated rings. The number of carbonyl (C=O) groups is 2. The molecule has 0 spiro atoms. The lowest BCUT2D eigenvalue weighted by molar-refractivity contribution is -0.123. The Kier molecular flexibility index (Phi) is 7.37. The number of hydrogen-bond donors (Lipinski definition) is 3. The van der Waals surface area contributed by atoms with Crippen molar-refractivity contribution in [1.82, 2.24) is 10.7 Å². The summed E-state index contributed by atoms with van der Waals surface area (Å²) < 4.78 is 5.55. The number of aromatic hydroxyl groups is 1. The third kappa shape index (κ3) is 6.23. The average Bonchev–Trinajstić information content (AvgIpc) is 2.88. The maximum absolute atomic E-state index is 12.4. The van der Waals surface area contributed by atoms with Gasteiger partial charge in [-0.05, 0) is 65.2 Å². The molecule has 0 bridgehead atoms. The molecule has 0 aliphatic rings. The van der Waals surface area contributed by atoms with E-state index in [2.05, 4.69) is 15.8 Å². The fourth-order valence-corrected chi connectivity index (χ4v) is 3.54. The molecular formula is C28H25N3O4. The van der Waals surface area contributed by atoms with E-state index in [4.69, 9.17) is 4.74 Å². The number of ether oxygens (including phenoxy) is 1. The molecule has 0 aromatic heterocycles. The summed E-state index contributed by atoms with van der Waals surface area (Å²) in [6.07, 6.45) is 1.48. The molecule has 3 N–H and O–H groups in total. The molecule has 35 heavy (non-hydrogen) atoms. The molecular weight excluding hydrogens is 442 g/mol. The number of phenols is 1. The van der Waals surface area contributed by atoms with Gasteiger partial charge >= 0.3 is 0 Å². The normalized spacial score (nSPS) is 11.8. The first kappa shape index (κ1) is 23.5. The number of benzene rings is 4. The molecule has 0 unspecified atom stereocenters. The summed E-state index contributed by atoms with van der Waals surface area (Å²) in [4.78, 5) is 24.6. The predicted molar refractivity (Wildman–Crippen MR) is 136 cm³/mol. The van der Waals surface area contributed by atoms with Crippen LogP contribution in [-0.4, -0.2) is 29.7 Å². The second kappa shape index (κ2) is 11.0. The summed E-state index contributed by atoms with van der Waals surface area (Å²) in [7, 11) is 0. The Morgan fingerprint density at radius 2 is 1.60 bits per heavy atom. The van der Waals surface area contributed by atoms with E-state index in [0.717, 1.165) is 21.9 Å². The third-order valence-corrected chi connectivity index (χ3v) is 5.42. The number of hydrazone groups is 1. The number of rotatable bonds is 8. The van der Waals surface area contributed by atoms with Crippen LogP contribution in [0.4, 0.5) is 0 Å². The van der Waals surface area contributed by atoms with Crippen LogP contribution in [0.1, 0.15) is 34.5 Å². The third-order valence-electron chi connectivity index (χ3n) is 5.42. The van der Waals surface area contributed by atoms with Gasteiger partial charge in [0.05, 0.1) is 17.8 Å². The minimum absolute atomic E-state index is 0.101. The largest absolute Gasteiger partial charge is 0.507 e. The van der Waals surface area contributed by atoms with Gasteiger partial charge in [0.15, 0.2) is 6.61 Å². The summed E-state index contributed by atoms with van der Waals surface area (Å²) in [5, 5.41) is 18.7. The SMILES string of the molecule is C[C@@H](NC(=O)COc1ccc(/C=N\NC(=O)c2cc3ccccc3cc2O)cc1)c1ccccc1. The summed E-state index contributed by atoms with van der Waals surface area (Å²) in [6, 6.07) is 27.2. The maximum atomic E-state index is 12.4. The van der Waals surface area contributed by atoms with Crippen LogP contribution in [0.15, 0.2) is 96.1 Å². The van der Waals surface area contributed by atoms with Crippen molar-refractivity contribution in [3.8, 4) is 11.5 Å². The van der Waals surface area contributed by atoms with Gasteiger partial charge in [0, 0.05) is 0 Å². The lowest BCUT2D eigenvalue weighted by Crippen LogP contribution is -2.31. The fourth-order valence-electron chi connectivity index (χ4n) is 3.54. The smallest absolute Gasteiger partial charge is 0.275 e. The highest BCUT2D eigenvalue weighted by Gasteiger charge is 2.12. The second-order valence-electron chi connectivity index (χ2n) is 7.97. The van der Waals surface area contributed by atoms with Gasteiger partial charge in [-0.1, -0.05) is 54.6 Å². The highest BCUT2D eigenvalue weighted by Crippen LogP contribution is 2.24. The van der Waals surface area contributed by atoms with Crippen LogP contribution in [0, 0.1) is 0 Å². The molecule has 0 saturated carbocycles. The number of amides is 2. The highest BCUT2D eigenvalue weighted by atomic mass is 16.5. The van der Waals surface area contributed by atoms with E-state index in [1.807, 2.05) is 61.5 Å². The van der Waals surface area contributed by atoms with Crippen molar-refractivity contribution < 1.29 is 19.4 Å². The molecule has 7 nitrogen and oxygen atoms in total. The van der Waals surface area contributed by atoms with Crippen LogP contribution < -0.4 is 15.5 Å². The van der Waals surface area contributed by atoms with Gasteiger partial charge < -0.3 is 15.2 Å². The van der Waals surface area contributed by atoms with Crippen molar-refractivity contribution in [2.45, 2.75) is 13.0 Å². The van der Waals surface area contributed by atoms with Crippen LogP contribution in [0.2, 0.25) is 0 Å². The van der Waals surface area contributed by atoms with Gasteiger partial charge in [-0.15, -0.1) is 0 Å². The van der Waals surface area contributed by atoms with E-state index < -0.39 is 5.91 Å². The molecule has 1 atom stereocenters. The summed E-state index contributed by atoms with van der Waals surface area (Å²) in [5.74, 6) is -0.304. The Bertz CT molecular complexity index is 1350. The number of hydrogen-bond acceptors (Lipinski definition) is 5. The number of nitrogens with zero attached hydrogens (tertiary/aromatic N) is 1. The Hall–Kier alpha value is -4.65. The Labute approximate surface area is 203 Å². The quantitative estimate of drug-likeness (QED) is 0.261. The number of fused-ring (bicyclic) bond motifs is 1. The minimum Gasteiger partial charge on any atom is -0.507 e. The van der Waals surface area contributed by atoms with Crippen molar-refractivity contribution >= 4 is 28.8 Å². The van der Waals surface area contributed by atoms with Crippen molar-refractivity contribution in [3.05, 3.63) is 108 Å². The highest BCUT2D eigenvalue weighted by molar-refractivity contribution is 6.01. The zero-order valence-corrected chi connectivity index (χ0v) is 19.1. The van der Waals surface area contributed by atoms with Crippen molar-refractivity contribution in [1.29, 1.82) is 0 Å². The molecule has 7 heteroatoms. The summed E-state index contributed by atoms with van der Waals surface area (Å²) in [5.41, 5.74) is 4.31. The summed E-state index contributed by atoms with van der Waals surface area (Å²) in [6.45, 7) is 1.82. The van der Waals surface area contributed by atoms with Crippen LogP contribution in [0.5, 0.6) is 11.5 Å². The molecule has 4 rings (SSSR count). The van der Waals surface area contributed by atoms with E-state index in [1.54, 1.807) is 36.4 Å². The van der Waals surface area contributed by atoms with Crippen molar-refractivity contribution in [3.63, 3.8) is 0 Å². The molecule has 4 aromatic rings. The van der Waals surface area contributed by atoms with E-state index >= 15 is 0 Å². The minimum atomic E-state index is -0.514. The number of phenolic OH excluding ortho intramolecular Hbond substituents is 1. The van der Waals surface area contributed by atoms with Crippen molar-refractivity contribution in [2.75, 3.05) is 6.61 Å². The Morgan fingerprint density at radius 1 is 0.943 bits per heavy atom. The zero-order valence-electron chi connectivity index (χ0n) is 19.1. The van der Waals surface area contributed by atoms with Crippen LogP contribution in [0.3, 0.4) is 0 Å². The topological polar surface area (TPSA) is 100 Å². The molecule has 4 aromatic carbocycles. The van der Waals surface area contributed by atoms with Gasteiger partial charge in [-0.3, -0.25) is 9.59 Å². The van der Waals surface area contributed by atoms with Crippen LogP contribution in [0.25, 0.3) is 10.8 Å². The van der Waals surface area contributed by atoms with Gasteiger partial charge in [-0.2, -0.15) is 5.10 Å². The molecule has 0 radical (unpaired) electrons. The van der Waals surface area contributed by atoms with Gasteiger partial charge in [-0.25, -0.2) is 5.43 Å². The zero-order chi connectivity index (χ0) is 24.6. The molecule has 176 valence electrons. The fraction of sp³-hybridized carbons (Fsp3) is 0.107. The van der Waals surface area contributed by atoms with E-state index in [-0.39, 0.29) is 29.9 Å². The lowest BCUT2D eigenvalue weighted by atomic mass is 10.1. The Morgan fingerprint density at radius 3 is 2.31 bits per heavy atom. The van der Waals surface area contributed by atoms with Crippen LogP contribution in [-0.2, 0) is 4.79 Å². The second-order valence-corrected chi connectivity index (χ2v) is 7.97.